The number of esters is 2. The molecule has 0 radical (unpaired) electrons. The van der Waals surface area contributed by atoms with Crippen LogP contribution >= 0.6 is 0 Å². The minimum atomic E-state index is -0.404. The molecule has 1 N–H and O–H groups in total. The summed E-state index contributed by atoms with van der Waals surface area (Å²) < 4.78 is 16.9. The number of cyclic esters (lactones) is 1. The number of carbonyl (C=O) groups excluding carboxylic acids is 2. The Labute approximate surface area is 166 Å². The molecule has 4 aliphatic rings. The quantitative estimate of drug-likeness (QED) is 0.585. The number of ether oxygens (including phenoxy) is 3. The molecule has 0 amide bonds. The van der Waals surface area contributed by atoms with Crippen LogP contribution in [0, 0.1) is 22.7 Å². The summed E-state index contributed by atoms with van der Waals surface area (Å²) in [7, 11) is 0. The lowest BCUT2D eigenvalue weighted by Crippen LogP contribution is -2.65. The first kappa shape index (κ1) is 19.9. The first-order valence-corrected chi connectivity index (χ1v) is 10.5. The minimum Gasteiger partial charge on any atom is -0.462 e. The molecule has 156 valence electrons. The van der Waals surface area contributed by atoms with Gasteiger partial charge in [-0.05, 0) is 48.5 Å². The van der Waals surface area contributed by atoms with Gasteiger partial charge in [-0.1, -0.05) is 20.8 Å². The maximum Gasteiger partial charge on any atom is 0.331 e. The summed E-state index contributed by atoms with van der Waals surface area (Å²) in [5.41, 5.74) is 0.257. The van der Waals surface area contributed by atoms with Gasteiger partial charge >= 0.3 is 11.9 Å². The third kappa shape index (κ3) is 2.91. The molecule has 6 nitrogen and oxygen atoms in total. The van der Waals surface area contributed by atoms with Crippen LogP contribution in [0.2, 0.25) is 0 Å². The summed E-state index contributed by atoms with van der Waals surface area (Å²) in [5, 5.41) is 10.7. The Morgan fingerprint density at radius 2 is 2.07 bits per heavy atom. The average Bonchev–Trinajstić information content (AvgIpc) is 3.26. The fourth-order valence-corrected chi connectivity index (χ4v) is 6.46. The van der Waals surface area contributed by atoms with Gasteiger partial charge in [0.2, 0.25) is 0 Å². The van der Waals surface area contributed by atoms with Gasteiger partial charge in [-0.15, -0.1) is 0 Å². The predicted molar refractivity (Wildman–Crippen MR) is 101 cm³/mol. The predicted octanol–water partition coefficient (Wildman–Crippen LogP) is 2.77. The van der Waals surface area contributed by atoms with Crippen LogP contribution < -0.4 is 0 Å². The summed E-state index contributed by atoms with van der Waals surface area (Å²) in [6, 6.07) is 0. The highest BCUT2D eigenvalue weighted by Crippen LogP contribution is 2.69. The Morgan fingerprint density at radius 1 is 1.36 bits per heavy atom. The van der Waals surface area contributed by atoms with Gasteiger partial charge in [-0.2, -0.15) is 0 Å². The number of rotatable bonds is 4. The number of fused-ring (bicyclic) bond motifs is 2. The second-order valence-electron chi connectivity index (χ2n) is 9.86. The zero-order valence-electron chi connectivity index (χ0n) is 17.3. The van der Waals surface area contributed by atoms with Gasteiger partial charge in [0, 0.05) is 24.8 Å². The van der Waals surface area contributed by atoms with Crippen molar-refractivity contribution in [2.24, 2.45) is 22.7 Å². The average molecular weight is 392 g/mol. The van der Waals surface area contributed by atoms with Gasteiger partial charge in [-0.3, -0.25) is 4.79 Å². The summed E-state index contributed by atoms with van der Waals surface area (Å²) in [6.45, 7) is 9.21. The number of aliphatic hydroxyl groups is 1. The van der Waals surface area contributed by atoms with E-state index in [0.29, 0.717) is 32.0 Å². The SMILES string of the molecule is CC(=O)OC1CC(C)C(C)(CCC2=CC(=O)OC2)C2CC(O)CC3(CO3)C12C. The molecule has 2 aliphatic heterocycles. The van der Waals surface area contributed by atoms with E-state index in [9.17, 15) is 14.7 Å². The van der Waals surface area contributed by atoms with Crippen LogP contribution in [0.1, 0.15) is 59.8 Å². The van der Waals surface area contributed by atoms with E-state index >= 15 is 0 Å². The van der Waals surface area contributed by atoms with E-state index in [1.165, 1.54) is 6.92 Å². The first-order chi connectivity index (χ1) is 13.1. The van der Waals surface area contributed by atoms with Crippen LogP contribution in [-0.2, 0) is 23.8 Å². The normalized spacial score (nSPS) is 47.3. The van der Waals surface area contributed by atoms with Crippen molar-refractivity contribution in [1.82, 2.24) is 0 Å². The second-order valence-corrected chi connectivity index (χ2v) is 9.86. The lowest BCUT2D eigenvalue weighted by Gasteiger charge is -2.63. The van der Waals surface area contributed by atoms with Gasteiger partial charge in [-0.25, -0.2) is 4.79 Å². The van der Waals surface area contributed by atoms with E-state index in [-0.39, 0.29) is 34.8 Å². The maximum atomic E-state index is 11.9. The number of hydrogen-bond donors (Lipinski definition) is 1. The summed E-state index contributed by atoms with van der Waals surface area (Å²) in [5.74, 6) is -0.0304. The van der Waals surface area contributed by atoms with E-state index in [0.717, 1.165) is 24.8 Å². The largest absolute Gasteiger partial charge is 0.462 e. The lowest BCUT2D eigenvalue weighted by molar-refractivity contribution is -0.217. The van der Waals surface area contributed by atoms with Crippen molar-refractivity contribution in [2.45, 2.75) is 77.6 Å². The van der Waals surface area contributed by atoms with Gasteiger partial charge in [0.1, 0.15) is 18.3 Å². The van der Waals surface area contributed by atoms with Crippen molar-refractivity contribution < 1.29 is 28.9 Å². The van der Waals surface area contributed by atoms with Crippen LogP contribution in [0.5, 0.6) is 0 Å². The molecule has 4 rings (SSSR count). The molecule has 28 heavy (non-hydrogen) atoms. The van der Waals surface area contributed by atoms with E-state index in [1.54, 1.807) is 6.08 Å². The molecule has 0 bridgehead atoms. The molecule has 2 aliphatic carbocycles. The molecule has 7 atom stereocenters. The fourth-order valence-electron chi connectivity index (χ4n) is 6.46. The van der Waals surface area contributed by atoms with Crippen LogP contribution in [0.4, 0.5) is 0 Å². The van der Waals surface area contributed by atoms with Gasteiger partial charge < -0.3 is 19.3 Å². The summed E-state index contributed by atoms with van der Waals surface area (Å²) in [4.78, 5) is 23.3. The Morgan fingerprint density at radius 3 is 2.64 bits per heavy atom. The molecule has 2 saturated carbocycles. The molecule has 2 heterocycles. The number of aliphatic hydroxyl groups excluding tert-OH is 1. The highest BCUT2D eigenvalue weighted by molar-refractivity contribution is 5.85. The summed E-state index contributed by atoms with van der Waals surface area (Å²) >= 11 is 0. The molecule has 3 fully saturated rings. The van der Waals surface area contributed by atoms with Crippen LogP contribution in [-0.4, -0.2) is 48.1 Å². The molecule has 1 saturated heterocycles. The zero-order valence-corrected chi connectivity index (χ0v) is 17.3. The molecule has 0 aromatic heterocycles. The van der Waals surface area contributed by atoms with E-state index in [2.05, 4.69) is 20.8 Å². The standard InChI is InChI=1S/C22H32O6/c1-13-7-18(28-14(2)23)21(4)17(9-16(24)10-22(21)12-27-22)20(13,3)6-5-15-8-19(25)26-11-15/h8,13,16-18,24H,5-7,9-12H2,1-4H3. The Balaban J connectivity index is 1.66. The second kappa shape index (κ2) is 6.56. The molecule has 0 aromatic rings. The molecule has 1 spiro atoms. The highest BCUT2D eigenvalue weighted by atomic mass is 16.6. The topological polar surface area (TPSA) is 85.4 Å². The number of hydrogen-bond acceptors (Lipinski definition) is 6. The smallest absolute Gasteiger partial charge is 0.331 e. The highest BCUT2D eigenvalue weighted by Gasteiger charge is 2.73. The molecular formula is C22H32O6. The molecule has 0 aromatic carbocycles. The fraction of sp³-hybridized carbons (Fsp3) is 0.818. The zero-order chi connectivity index (χ0) is 20.3. The first-order valence-electron chi connectivity index (χ1n) is 10.5. The van der Waals surface area contributed by atoms with E-state index in [1.807, 2.05) is 0 Å². The van der Waals surface area contributed by atoms with Crippen molar-refractivity contribution in [1.29, 1.82) is 0 Å². The Kier molecular flexibility index (Phi) is 4.66. The molecule has 6 heteroatoms. The third-order valence-corrected chi connectivity index (χ3v) is 8.44. The third-order valence-electron chi connectivity index (χ3n) is 8.44. The minimum absolute atomic E-state index is 0.0573. The van der Waals surface area contributed by atoms with Crippen LogP contribution in [0.15, 0.2) is 11.6 Å². The Hall–Kier alpha value is -1.40. The van der Waals surface area contributed by atoms with Crippen molar-refractivity contribution >= 4 is 11.9 Å². The Bertz CT molecular complexity index is 710. The van der Waals surface area contributed by atoms with Gasteiger partial charge in [0.15, 0.2) is 0 Å². The van der Waals surface area contributed by atoms with Crippen LogP contribution in [0.3, 0.4) is 0 Å². The van der Waals surface area contributed by atoms with E-state index in [4.69, 9.17) is 14.2 Å². The van der Waals surface area contributed by atoms with Crippen molar-refractivity contribution in [3.63, 3.8) is 0 Å². The molecular weight excluding hydrogens is 360 g/mol. The van der Waals surface area contributed by atoms with Gasteiger partial charge in [0.25, 0.3) is 0 Å². The van der Waals surface area contributed by atoms with E-state index < -0.39 is 11.7 Å². The maximum absolute atomic E-state index is 11.9. The van der Waals surface area contributed by atoms with Crippen molar-refractivity contribution in [3.05, 3.63) is 11.6 Å². The van der Waals surface area contributed by atoms with Gasteiger partial charge in [0.05, 0.1) is 12.7 Å². The van der Waals surface area contributed by atoms with Crippen molar-refractivity contribution in [3.8, 4) is 0 Å². The summed E-state index contributed by atoms with van der Waals surface area (Å²) in [6.07, 6.45) is 4.80. The number of epoxide rings is 1. The number of carbonyl (C=O) groups is 2. The van der Waals surface area contributed by atoms with Crippen molar-refractivity contribution in [2.75, 3.05) is 13.2 Å². The lowest BCUT2D eigenvalue weighted by atomic mass is 9.43. The molecule has 7 unspecified atom stereocenters. The monoisotopic (exact) mass is 392 g/mol. The van der Waals surface area contributed by atoms with Crippen LogP contribution in [0.25, 0.3) is 0 Å².